The molecule has 12 aliphatic rings. The second kappa shape index (κ2) is 65.4. The van der Waals surface area contributed by atoms with E-state index >= 15 is 0 Å². The van der Waals surface area contributed by atoms with Crippen LogP contribution < -0.4 is 56.6 Å². The number of hydrogen-bond donors (Lipinski definition) is 6. The number of benzene rings is 4. The first-order valence-electron chi connectivity index (χ1n) is 57.6. The number of aliphatic imine (C=N–C) groups is 1. The molecule has 2 aromatic heterocycles. The quantitative estimate of drug-likeness (QED) is 0.00559. The molecule has 4 unspecified atom stereocenters. The minimum Gasteiger partial charge on any atom is -0.870 e. The van der Waals surface area contributed by atoms with Crippen molar-refractivity contribution in [2.45, 2.75) is 496 Å². The molecule has 12 fully saturated rings. The maximum absolute atomic E-state index is 12.6. The van der Waals surface area contributed by atoms with Gasteiger partial charge in [-0.1, -0.05) is 260 Å². The fraction of sp³-hybridized carbons (Fsp3) is 0.724. The average molecular weight is 2120 g/mol. The third-order valence-corrected chi connectivity index (χ3v) is 33.7. The van der Waals surface area contributed by atoms with E-state index < -0.39 is 17.1 Å². The van der Waals surface area contributed by atoms with Crippen LogP contribution in [0.25, 0.3) is 22.1 Å². The van der Waals surface area contributed by atoms with Crippen LogP contribution in [0.2, 0.25) is 0 Å². The number of aromatic nitrogens is 4. The number of fused-ring (bicyclic) bond motifs is 10. The van der Waals surface area contributed by atoms with Crippen molar-refractivity contribution >= 4 is 126 Å². The van der Waals surface area contributed by atoms with Crippen LogP contribution >= 0.6 is 38.9 Å². The number of ketones is 1. The van der Waals surface area contributed by atoms with E-state index in [2.05, 4.69) is 154 Å². The second-order valence-electron chi connectivity index (χ2n) is 43.8. The number of nitrogens with one attached hydrogen (secondary N) is 4. The van der Waals surface area contributed by atoms with Crippen molar-refractivity contribution in [1.29, 1.82) is 0 Å². The summed E-state index contributed by atoms with van der Waals surface area (Å²) in [5.74, 6) is -0.236. The summed E-state index contributed by atoms with van der Waals surface area (Å²) in [5, 5.41) is 20.1. The van der Waals surface area contributed by atoms with Crippen molar-refractivity contribution in [3.8, 4) is 0 Å². The molecule has 31 heteroatoms. The molecular formula is C116H179Cl3N14NaO12P. The number of hydrogen-bond acceptors (Lipinski definition) is 23. The summed E-state index contributed by atoms with van der Waals surface area (Å²) in [6, 6.07) is 43.7. The van der Waals surface area contributed by atoms with Crippen LogP contribution in [0.3, 0.4) is 0 Å². The van der Waals surface area contributed by atoms with Crippen molar-refractivity contribution in [2.75, 3.05) is 66.5 Å². The first-order valence-corrected chi connectivity index (χ1v) is 62.0. The Morgan fingerprint density at radius 3 is 1.03 bits per heavy atom. The summed E-state index contributed by atoms with van der Waals surface area (Å²) in [6.07, 6.45) is 79.0. The number of isocyanates is 1. The van der Waals surface area contributed by atoms with E-state index in [1.54, 1.807) is 13.8 Å². The molecule has 8 N–H and O–H groups in total. The number of aliphatic carboxylic acids is 1. The van der Waals surface area contributed by atoms with Crippen LogP contribution in [0.5, 0.6) is 0 Å². The number of nitrogens with two attached hydrogens (primary N) is 1. The maximum atomic E-state index is 12.6. The number of carbonyl (C=O) groups is 5. The van der Waals surface area contributed by atoms with Crippen molar-refractivity contribution in [3.63, 3.8) is 0 Å². The number of anilines is 5. The number of halogens is 3. The molecule has 147 heavy (non-hydrogen) atoms. The van der Waals surface area contributed by atoms with Crippen LogP contribution in [0, 0.1) is 0 Å². The topological polar surface area (TPSA) is 333 Å². The van der Waals surface area contributed by atoms with Crippen LogP contribution in [-0.4, -0.2) is 209 Å². The molecule has 10 heterocycles. The van der Waals surface area contributed by atoms with E-state index in [1.807, 2.05) is 43.3 Å². The number of nitrogens with zero attached hydrogens (tertiary/aromatic N) is 9. The van der Waals surface area contributed by atoms with Gasteiger partial charge in [-0.15, -0.1) is 0 Å². The Morgan fingerprint density at radius 2 is 0.680 bits per heavy atom. The van der Waals surface area contributed by atoms with Gasteiger partial charge < -0.3 is 60.9 Å². The number of esters is 3. The van der Waals surface area contributed by atoms with Gasteiger partial charge in [0.1, 0.15) is 25.4 Å². The summed E-state index contributed by atoms with van der Waals surface area (Å²) in [5.41, 5.74) is 14.6. The number of Topliss-reactive ketones (excluding diaryl/α,β-unsaturated/α-hetero) is 1. The molecule has 4 saturated carbocycles. The predicted octanol–water partition coefficient (Wildman–Crippen LogP) is 24.8. The van der Waals surface area contributed by atoms with E-state index in [9.17, 15) is 38.4 Å². The SMILES string of the molecule is CCOC(=O)CCC(=O)Cc1ccccc1NC1C[C@H]2CCC[C@@H](C1)N2C1CCCCCCCCC1.CCOC(=O)CN=C=O.CCOC(=O)CNc1nc2ccccc2n1C1C[C@H]2CCC[C@@H](C1)N2C1CCCCCCCCC1.Nc1ccccc1NC1C[C@H]2CCC[C@@H](C1)N2C1CCCCCCCCC1.O=C(O)CNc1nc2ccccc2n1C1C[C@H]2CCC[C@@H](C1)N2C1CCCCCCCCC1.O=P(Cl)(Cl)Cl.[Na+].[OH-]. The molecule has 4 aromatic carbocycles. The van der Waals surface area contributed by atoms with Gasteiger partial charge in [-0.3, -0.25) is 48.1 Å². The van der Waals surface area contributed by atoms with Gasteiger partial charge in [0.2, 0.25) is 18.0 Å². The molecule has 812 valence electrons. The average Bonchev–Trinajstić information content (AvgIpc) is 1.68. The molecule has 6 aromatic rings. The van der Waals surface area contributed by atoms with E-state index in [1.165, 1.54) is 358 Å². The molecule has 18 rings (SSSR count). The Balaban J connectivity index is 0.000000178. The van der Waals surface area contributed by atoms with Crippen LogP contribution in [0.15, 0.2) is 102 Å². The zero-order chi connectivity index (χ0) is 102. The first kappa shape index (κ1) is 121. The fourth-order valence-electron chi connectivity index (χ4n) is 27.6. The van der Waals surface area contributed by atoms with Gasteiger partial charge >= 0.3 is 58.6 Å². The summed E-state index contributed by atoms with van der Waals surface area (Å²) in [7, 11) is 0. The molecular weight excluding hydrogens is 1940 g/mol. The monoisotopic (exact) mass is 2120 g/mol. The molecule has 12 atom stereocenters. The normalized spacial score (nSPS) is 25.7. The Hall–Kier alpha value is -6.35. The maximum Gasteiger partial charge on any atom is 1.00 e. The Kier molecular flexibility index (Phi) is 53.7. The zero-order valence-corrected chi connectivity index (χ0v) is 94.8. The van der Waals surface area contributed by atoms with Crippen molar-refractivity contribution in [2.24, 2.45) is 4.99 Å². The van der Waals surface area contributed by atoms with Gasteiger partial charge in [-0.2, -0.15) is 4.99 Å². The number of para-hydroxylation sites is 7. The molecule has 0 radical (unpaired) electrons. The minimum absolute atomic E-state index is 0. The standard InChI is InChI=1S/C31H48N2O3.C29H44N4O2.C27H40N4O2.C24H39N3.C5H7NO3.Cl3OP.Na.H2O/c1-2-36-31(35)20-19-29(34)21-24-13-10-11-18-30(24)32-25-22-27-16-12-17-28(23-25)33(27)26-14-8-6-4-3-5-7-9-15-26;1-2-35-28(34)21-30-29-31-26-17-10-11-18-27(26)33(29)25-19-23-15-12-16-24(20-25)32(23)22-13-8-6-4-3-5-7-9-14-22;32-26(33)19-28-27-29-24-15-8-9-16-25(24)31(27)23-17-21-13-10-14-22(18-23)30(21)20-11-6-4-2-1-3-5-7-12-20;25-23-15-8-9-16-24(23)26-19-17-21-13-10-14-22(18-19)27(21)20-11-6-4-2-1-3-5-7-12-20;1-2-9-5(8)3-6-4-7;1-5(2,3)4;;/h10-11,13,18,25-28,32H,2-9,12,14-17,19-23H2,1H3;10-11,17-18,22-25H,2-9,12-16,19-21H2,1H3,(H,30,31);8-9,15-16,20-23H,1-7,10-14,17-19H2,(H,28,29)(H,32,33);8-9,15-16,19-22,26H,1-7,10-14,17-18,25H2;2-3H2,1H3;;;1H2/q;;;;;;+1;/p-1/t25?,27-,28+;23-,24+,25?;21-,22+,23?;19?,21-,22+;;;;. The number of piperidine rings is 8. The van der Waals surface area contributed by atoms with Crippen molar-refractivity contribution < 1.29 is 87.7 Å². The first-order chi connectivity index (χ1) is 70.7. The number of ether oxygens (including phenoxy) is 3. The number of rotatable bonds is 26. The Morgan fingerprint density at radius 1 is 0.388 bits per heavy atom. The summed E-state index contributed by atoms with van der Waals surface area (Å²) in [4.78, 5) is 91.9. The third kappa shape index (κ3) is 38.7. The number of carboxylic acids is 1. The molecule has 0 spiro atoms. The number of carbonyl (C=O) groups excluding carboxylic acids is 5. The summed E-state index contributed by atoms with van der Waals surface area (Å²) in [6.45, 7) is 6.23. The Labute approximate surface area is 915 Å². The van der Waals surface area contributed by atoms with Crippen LogP contribution in [0.4, 0.5) is 29.0 Å². The molecule has 8 aliphatic heterocycles. The predicted molar refractivity (Wildman–Crippen MR) is 594 cm³/mol. The molecule has 8 saturated heterocycles. The molecule has 4 aliphatic carbocycles. The second-order valence-corrected chi connectivity index (χ2v) is 50.5. The van der Waals surface area contributed by atoms with Crippen molar-refractivity contribution in [1.82, 2.24) is 38.7 Å². The smallest absolute Gasteiger partial charge is 0.870 e. The van der Waals surface area contributed by atoms with Gasteiger partial charge in [-0.25, -0.2) is 14.8 Å². The van der Waals surface area contributed by atoms with E-state index in [0.29, 0.717) is 92.6 Å². The summed E-state index contributed by atoms with van der Waals surface area (Å²) >= 11 is 13.8. The van der Waals surface area contributed by atoms with Crippen LogP contribution in [-0.2, 0) is 54.0 Å². The molecule has 8 bridgehead atoms. The zero-order valence-electron chi connectivity index (χ0n) is 89.6. The van der Waals surface area contributed by atoms with Crippen molar-refractivity contribution in [3.05, 3.63) is 103 Å². The number of carboxylic acid groups (broad SMARTS) is 1. The molecule has 0 amide bonds. The van der Waals surface area contributed by atoms with E-state index in [-0.39, 0.29) is 85.2 Å². The van der Waals surface area contributed by atoms with Gasteiger partial charge in [0.05, 0.1) is 59.7 Å². The largest absolute Gasteiger partial charge is 1.00 e. The van der Waals surface area contributed by atoms with Crippen LogP contribution in [0.1, 0.15) is 411 Å². The van der Waals surface area contributed by atoms with Gasteiger partial charge in [0.15, 0.2) is 0 Å². The van der Waals surface area contributed by atoms with Gasteiger partial charge in [0.25, 0.3) is 0 Å². The van der Waals surface area contributed by atoms with E-state index in [4.69, 9.17) is 25.2 Å². The van der Waals surface area contributed by atoms with Gasteiger partial charge in [0, 0.05) is 115 Å². The molecule has 26 nitrogen and oxygen atoms in total. The van der Waals surface area contributed by atoms with E-state index in [0.717, 1.165) is 94.2 Å². The minimum atomic E-state index is -3.22. The summed E-state index contributed by atoms with van der Waals surface area (Å²) < 4.78 is 28.8. The van der Waals surface area contributed by atoms with Gasteiger partial charge in [-0.05, 0) is 257 Å². The number of nitrogen functional groups attached to an aromatic ring is 1. The Bertz CT molecular complexity index is 4880. The number of imidazole rings is 2. The fourth-order valence-corrected chi connectivity index (χ4v) is 27.6. The third-order valence-electron chi connectivity index (χ3n) is 33.7.